The molecule has 0 radical (unpaired) electrons. The summed E-state index contributed by atoms with van der Waals surface area (Å²) in [6.45, 7) is 1.33. The molecule has 0 unspecified atom stereocenters. The molecule has 4 nitrogen and oxygen atoms in total. The summed E-state index contributed by atoms with van der Waals surface area (Å²) in [6, 6.07) is 8.40. The van der Waals surface area contributed by atoms with E-state index in [1.165, 1.54) is 16.5 Å². The molecule has 0 spiro atoms. The maximum absolute atomic E-state index is 5.85. The first-order valence-electron chi connectivity index (χ1n) is 6.53. The number of fused-ring (bicyclic) bond motifs is 2. The van der Waals surface area contributed by atoms with Crippen LogP contribution in [0.5, 0.6) is 0 Å². The molecule has 0 atom stereocenters. The number of para-hydroxylation sites is 1. The molecule has 4 rings (SSSR count). The van der Waals surface area contributed by atoms with Gasteiger partial charge < -0.3 is 10.3 Å². The Bertz CT molecular complexity index is 855. The highest BCUT2D eigenvalue weighted by atomic mass is 32.1. The summed E-state index contributed by atoms with van der Waals surface area (Å²) in [7, 11) is 0. The molecule has 0 amide bonds. The quantitative estimate of drug-likeness (QED) is 0.628. The number of thiazole rings is 1. The Morgan fingerprint density at radius 3 is 3.00 bits per heavy atom. The van der Waals surface area contributed by atoms with Crippen molar-refractivity contribution in [3.8, 4) is 0 Å². The van der Waals surface area contributed by atoms with Crippen LogP contribution >= 0.6 is 11.3 Å². The Labute approximate surface area is 120 Å². The molecule has 4 aromatic rings. The van der Waals surface area contributed by atoms with Crippen molar-refractivity contribution in [1.29, 1.82) is 0 Å². The minimum atomic E-state index is 0.555. The average molecular weight is 282 g/mol. The van der Waals surface area contributed by atoms with Crippen LogP contribution in [0.15, 0.2) is 48.2 Å². The summed E-state index contributed by atoms with van der Waals surface area (Å²) in [4.78, 5) is 5.68. The van der Waals surface area contributed by atoms with E-state index in [1.54, 1.807) is 11.3 Å². The lowest BCUT2D eigenvalue weighted by atomic mass is 10.1. The van der Waals surface area contributed by atoms with Crippen molar-refractivity contribution in [3.05, 3.63) is 59.5 Å². The van der Waals surface area contributed by atoms with E-state index in [2.05, 4.69) is 50.6 Å². The van der Waals surface area contributed by atoms with Gasteiger partial charge in [0.05, 0.1) is 17.8 Å². The lowest BCUT2D eigenvalue weighted by Gasteiger charge is -2.07. The first-order chi connectivity index (χ1) is 9.85. The van der Waals surface area contributed by atoms with Gasteiger partial charge in [-0.05, 0) is 17.0 Å². The summed E-state index contributed by atoms with van der Waals surface area (Å²) in [6.07, 6.45) is 6.23. The number of hydrogen-bond acceptors (Lipinski definition) is 3. The van der Waals surface area contributed by atoms with Crippen LogP contribution in [0.1, 0.15) is 11.3 Å². The van der Waals surface area contributed by atoms with Crippen molar-refractivity contribution in [3.63, 3.8) is 0 Å². The lowest BCUT2D eigenvalue weighted by molar-refractivity contribution is 0.809. The maximum atomic E-state index is 5.85. The van der Waals surface area contributed by atoms with E-state index in [0.29, 0.717) is 6.54 Å². The fourth-order valence-electron chi connectivity index (χ4n) is 2.66. The second-order valence-electron chi connectivity index (χ2n) is 4.83. The van der Waals surface area contributed by atoms with Crippen LogP contribution in [0.3, 0.4) is 0 Å². The van der Waals surface area contributed by atoms with Gasteiger partial charge in [-0.25, -0.2) is 4.98 Å². The number of hydrogen-bond donors (Lipinski definition) is 1. The Kier molecular flexibility index (Phi) is 2.61. The highest BCUT2D eigenvalue weighted by molar-refractivity contribution is 7.15. The van der Waals surface area contributed by atoms with Gasteiger partial charge in [0.2, 0.25) is 0 Å². The van der Waals surface area contributed by atoms with Gasteiger partial charge in [0, 0.05) is 30.5 Å². The minimum absolute atomic E-state index is 0.555. The normalized spacial score (nSPS) is 11.7. The molecule has 0 aliphatic rings. The van der Waals surface area contributed by atoms with Gasteiger partial charge in [0.25, 0.3) is 0 Å². The molecule has 0 fully saturated rings. The van der Waals surface area contributed by atoms with Crippen LogP contribution in [-0.2, 0) is 13.1 Å². The molecule has 0 saturated carbocycles. The van der Waals surface area contributed by atoms with Gasteiger partial charge in [-0.1, -0.05) is 18.2 Å². The van der Waals surface area contributed by atoms with Gasteiger partial charge in [0.15, 0.2) is 4.96 Å². The fourth-order valence-corrected chi connectivity index (χ4v) is 3.38. The minimum Gasteiger partial charge on any atom is -0.341 e. The molecule has 0 bridgehead atoms. The molecule has 0 saturated heterocycles. The van der Waals surface area contributed by atoms with Crippen molar-refractivity contribution in [2.45, 2.75) is 13.1 Å². The largest absolute Gasteiger partial charge is 0.341 e. The Hall–Kier alpha value is -2.11. The van der Waals surface area contributed by atoms with Gasteiger partial charge >= 0.3 is 0 Å². The molecule has 1 aromatic carbocycles. The van der Waals surface area contributed by atoms with E-state index in [9.17, 15) is 0 Å². The highest BCUT2D eigenvalue weighted by Gasteiger charge is 2.08. The Balaban J connectivity index is 1.80. The number of nitrogens with two attached hydrogens (primary N) is 1. The third-order valence-electron chi connectivity index (χ3n) is 3.57. The Morgan fingerprint density at radius 2 is 2.15 bits per heavy atom. The maximum Gasteiger partial charge on any atom is 0.193 e. The molecule has 0 aliphatic heterocycles. The third kappa shape index (κ3) is 1.75. The number of aromatic nitrogens is 3. The first-order valence-corrected chi connectivity index (χ1v) is 7.41. The molecular formula is C15H14N4S. The molecule has 0 aliphatic carbocycles. The zero-order chi connectivity index (χ0) is 13.5. The number of benzene rings is 1. The standard InChI is InChI=1S/C15H14N4S/c16-8-12-3-1-2-11-4-5-18(14(11)12)9-13-10-19-6-7-20-15(19)17-13/h1-7,10H,8-9,16H2. The molecule has 100 valence electrons. The lowest BCUT2D eigenvalue weighted by Crippen LogP contribution is -2.03. The van der Waals surface area contributed by atoms with E-state index in [0.717, 1.165) is 17.2 Å². The monoisotopic (exact) mass is 282 g/mol. The van der Waals surface area contributed by atoms with Crippen molar-refractivity contribution in [1.82, 2.24) is 14.0 Å². The Morgan fingerprint density at radius 1 is 1.20 bits per heavy atom. The zero-order valence-electron chi connectivity index (χ0n) is 10.9. The molecule has 3 aromatic heterocycles. The SMILES string of the molecule is NCc1cccc2ccn(Cc3cn4ccsc4n3)c12. The van der Waals surface area contributed by atoms with Gasteiger partial charge in [-0.2, -0.15) is 0 Å². The van der Waals surface area contributed by atoms with Gasteiger partial charge in [-0.15, -0.1) is 11.3 Å². The van der Waals surface area contributed by atoms with E-state index in [4.69, 9.17) is 5.73 Å². The van der Waals surface area contributed by atoms with Crippen LogP contribution < -0.4 is 5.73 Å². The van der Waals surface area contributed by atoms with Crippen molar-refractivity contribution in [2.24, 2.45) is 5.73 Å². The van der Waals surface area contributed by atoms with Crippen molar-refractivity contribution in [2.75, 3.05) is 0 Å². The van der Waals surface area contributed by atoms with Crippen LogP contribution in [0.2, 0.25) is 0 Å². The second-order valence-corrected chi connectivity index (χ2v) is 5.70. The topological polar surface area (TPSA) is 48.2 Å². The predicted octanol–water partition coefficient (Wildman–Crippen LogP) is 2.86. The molecule has 2 N–H and O–H groups in total. The van der Waals surface area contributed by atoms with Crippen LogP contribution in [0, 0.1) is 0 Å². The molecule has 3 heterocycles. The van der Waals surface area contributed by atoms with E-state index < -0.39 is 0 Å². The first kappa shape index (κ1) is 11.7. The molecule has 20 heavy (non-hydrogen) atoms. The fraction of sp³-hybridized carbons (Fsp3) is 0.133. The summed E-state index contributed by atoms with van der Waals surface area (Å²) in [5.74, 6) is 0. The zero-order valence-corrected chi connectivity index (χ0v) is 11.7. The second kappa shape index (κ2) is 4.47. The number of nitrogens with zero attached hydrogens (tertiary/aromatic N) is 3. The predicted molar refractivity (Wildman–Crippen MR) is 82.0 cm³/mol. The molecule has 5 heteroatoms. The summed E-state index contributed by atoms with van der Waals surface area (Å²) >= 11 is 1.65. The van der Waals surface area contributed by atoms with E-state index >= 15 is 0 Å². The summed E-state index contributed by atoms with van der Waals surface area (Å²) in [5, 5.41) is 3.28. The van der Waals surface area contributed by atoms with E-state index in [1.807, 2.05) is 11.6 Å². The van der Waals surface area contributed by atoms with Crippen LogP contribution in [-0.4, -0.2) is 14.0 Å². The van der Waals surface area contributed by atoms with Crippen molar-refractivity contribution >= 4 is 27.2 Å². The smallest absolute Gasteiger partial charge is 0.193 e. The number of imidazole rings is 1. The highest BCUT2D eigenvalue weighted by Crippen LogP contribution is 2.21. The van der Waals surface area contributed by atoms with Crippen LogP contribution in [0.25, 0.3) is 15.9 Å². The summed E-state index contributed by atoms with van der Waals surface area (Å²) < 4.78 is 4.29. The molecular weight excluding hydrogens is 268 g/mol. The van der Waals surface area contributed by atoms with Crippen molar-refractivity contribution < 1.29 is 0 Å². The van der Waals surface area contributed by atoms with E-state index in [-0.39, 0.29) is 0 Å². The van der Waals surface area contributed by atoms with Gasteiger partial charge in [0.1, 0.15) is 0 Å². The third-order valence-corrected chi connectivity index (χ3v) is 4.34. The summed E-state index contributed by atoms with van der Waals surface area (Å²) in [5.41, 5.74) is 9.31. The van der Waals surface area contributed by atoms with Gasteiger partial charge in [-0.3, -0.25) is 4.40 Å². The number of rotatable bonds is 3. The van der Waals surface area contributed by atoms with Crippen LogP contribution in [0.4, 0.5) is 0 Å². The average Bonchev–Trinajstić information content (AvgIpc) is 3.13.